The number of hydrogen-bond donors (Lipinski definition) is 0. The topological polar surface area (TPSA) is 25.4 Å². The average Bonchev–Trinajstić information content (AvgIpc) is 2.21. The molecule has 0 saturated carbocycles. The van der Waals surface area contributed by atoms with E-state index in [1.807, 2.05) is 25.9 Å². The summed E-state index contributed by atoms with van der Waals surface area (Å²) >= 11 is 0. The number of halogens is 1. The van der Waals surface area contributed by atoms with Crippen molar-refractivity contribution in [2.75, 3.05) is 26.1 Å². The third kappa shape index (κ3) is 2.03. The number of nitrogens with zero attached hydrogens (tertiary/aromatic N) is 2. The molecule has 0 aliphatic carbocycles. The molecular formula is C11H17FN2O. The minimum Gasteiger partial charge on any atom is -0.479 e. The van der Waals surface area contributed by atoms with E-state index < -0.39 is 0 Å². The van der Waals surface area contributed by atoms with Gasteiger partial charge in [-0.25, -0.2) is 4.39 Å². The highest BCUT2D eigenvalue weighted by Crippen LogP contribution is 2.28. The van der Waals surface area contributed by atoms with Gasteiger partial charge in [-0.05, 0) is 18.9 Å². The molecule has 84 valence electrons. The number of pyridine rings is 1. The molecule has 3 nitrogen and oxygen atoms in total. The van der Waals surface area contributed by atoms with Crippen molar-refractivity contribution in [3.05, 3.63) is 16.9 Å². The molecule has 4 heteroatoms. The van der Waals surface area contributed by atoms with Crippen LogP contribution in [0.4, 0.5) is 10.2 Å². The number of aromatic nitrogens is 1. The summed E-state index contributed by atoms with van der Waals surface area (Å²) in [7, 11) is 5.20. The van der Waals surface area contributed by atoms with Crippen molar-refractivity contribution < 1.29 is 9.13 Å². The fourth-order valence-electron chi connectivity index (χ4n) is 1.60. The van der Waals surface area contributed by atoms with Crippen LogP contribution in [0.5, 0.6) is 5.88 Å². The Morgan fingerprint density at radius 2 is 2.00 bits per heavy atom. The maximum absolute atomic E-state index is 13.7. The summed E-state index contributed by atoms with van der Waals surface area (Å²) in [6.07, 6.45) is 0.757. The summed E-state index contributed by atoms with van der Waals surface area (Å²) in [5.41, 5.74) is 1.55. The van der Waals surface area contributed by atoms with Gasteiger partial charge in [0, 0.05) is 19.7 Å². The van der Waals surface area contributed by atoms with Gasteiger partial charge in [-0.2, -0.15) is 4.98 Å². The molecule has 0 bridgehead atoms. The number of anilines is 1. The van der Waals surface area contributed by atoms with Gasteiger partial charge in [0.25, 0.3) is 5.88 Å². The van der Waals surface area contributed by atoms with Gasteiger partial charge in [0.2, 0.25) is 0 Å². The number of rotatable bonds is 3. The molecule has 0 saturated heterocycles. The van der Waals surface area contributed by atoms with Crippen molar-refractivity contribution in [1.29, 1.82) is 0 Å². The molecule has 0 aliphatic heterocycles. The first-order chi connectivity index (χ1) is 7.02. The Morgan fingerprint density at radius 1 is 1.40 bits per heavy atom. The first kappa shape index (κ1) is 11.8. The molecule has 1 heterocycles. The molecule has 15 heavy (non-hydrogen) atoms. The van der Waals surface area contributed by atoms with Crippen molar-refractivity contribution in [3.63, 3.8) is 0 Å². The molecule has 0 unspecified atom stereocenters. The maximum Gasteiger partial charge on any atom is 0.252 e. The Bertz CT molecular complexity index is 364. The van der Waals surface area contributed by atoms with Crippen LogP contribution >= 0.6 is 0 Å². The van der Waals surface area contributed by atoms with Gasteiger partial charge < -0.3 is 9.64 Å². The molecule has 0 amide bonds. The highest BCUT2D eigenvalue weighted by molar-refractivity contribution is 5.52. The van der Waals surface area contributed by atoms with E-state index in [1.54, 1.807) is 6.92 Å². The van der Waals surface area contributed by atoms with Crippen LogP contribution in [0.25, 0.3) is 0 Å². The Morgan fingerprint density at radius 3 is 2.40 bits per heavy atom. The van der Waals surface area contributed by atoms with E-state index in [2.05, 4.69) is 4.98 Å². The van der Waals surface area contributed by atoms with Gasteiger partial charge in [0.1, 0.15) is 5.82 Å². The van der Waals surface area contributed by atoms with E-state index in [9.17, 15) is 4.39 Å². The maximum atomic E-state index is 13.7. The van der Waals surface area contributed by atoms with Crippen molar-refractivity contribution in [2.24, 2.45) is 0 Å². The number of hydrogen-bond acceptors (Lipinski definition) is 3. The second-order valence-electron chi connectivity index (χ2n) is 3.61. The third-order valence-electron chi connectivity index (χ3n) is 2.42. The summed E-state index contributed by atoms with van der Waals surface area (Å²) in [5.74, 6) is 0.474. The Hall–Kier alpha value is -1.32. The zero-order valence-electron chi connectivity index (χ0n) is 9.89. The molecule has 1 aromatic rings. The van der Waals surface area contributed by atoms with Gasteiger partial charge in [-0.15, -0.1) is 0 Å². The largest absolute Gasteiger partial charge is 0.479 e. The lowest BCUT2D eigenvalue weighted by Gasteiger charge is -2.19. The summed E-state index contributed by atoms with van der Waals surface area (Å²) in [5, 5.41) is 0. The van der Waals surface area contributed by atoms with Gasteiger partial charge in [0.15, 0.2) is 5.82 Å². The standard InChI is InChI=1S/C11H17FN2O/c1-6-8-7(2)9(12)11(15-5)13-10(8)14(3)4/h6H2,1-5H3. The van der Waals surface area contributed by atoms with Crippen LogP contribution in [-0.4, -0.2) is 26.2 Å². The quantitative estimate of drug-likeness (QED) is 0.767. The first-order valence-electron chi connectivity index (χ1n) is 4.93. The Kier molecular flexibility index (Phi) is 3.50. The molecular weight excluding hydrogens is 195 g/mol. The van der Waals surface area contributed by atoms with E-state index in [0.29, 0.717) is 5.56 Å². The Balaban J connectivity index is 3.44. The lowest BCUT2D eigenvalue weighted by Crippen LogP contribution is -2.15. The minimum absolute atomic E-state index is 0.0633. The van der Waals surface area contributed by atoms with Gasteiger partial charge in [-0.3, -0.25) is 0 Å². The van der Waals surface area contributed by atoms with Crippen molar-refractivity contribution in [1.82, 2.24) is 4.98 Å². The van der Waals surface area contributed by atoms with Crippen LogP contribution in [0.15, 0.2) is 0 Å². The molecule has 0 spiro atoms. The predicted octanol–water partition coefficient (Wildman–Crippen LogP) is 2.17. The highest BCUT2D eigenvalue weighted by Gasteiger charge is 2.17. The lowest BCUT2D eigenvalue weighted by molar-refractivity contribution is 0.367. The number of methoxy groups -OCH3 is 1. The number of ether oxygens (including phenoxy) is 1. The molecule has 0 N–H and O–H groups in total. The molecule has 1 rings (SSSR count). The van der Waals surface area contributed by atoms with E-state index in [4.69, 9.17) is 4.74 Å². The summed E-state index contributed by atoms with van der Waals surface area (Å²) in [6, 6.07) is 0. The zero-order valence-corrected chi connectivity index (χ0v) is 9.89. The van der Waals surface area contributed by atoms with Crippen LogP contribution in [-0.2, 0) is 6.42 Å². The van der Waals surface area contributed by atoms with Crippen LogP contribution in [0.1, 0.15) is 18.1 Å². The molecule has 0 radical (unpaired) electrons. The van der Waals surface area contributed by atoms with Crippen molar-refractivity contribution in [2.45, 2.75) is 20.3 Å². The minimum atomic E-state index is -0.361. The second kappa shape index (κ2) is 4.47. The second-order valence-corrected chi connectivity index (χ2v) is 3.61. The monoisotopic (exact) mass is 212 g/mol. The Labute approximate surface area is 89.9 Å². The summed E-state index contributed by atoms with van der Waals surface area (Å²) in [4.78, 5) is 6.02. The zero-order chi connectivity index (χ0) is 11.6. The molecule has 0 fully saturated rings. The van der Waals surface area contributed by atoms with E-state index >= 15 is 0 Å². The van der Waals surface area contributed by atoms with Crippen molar-refractivity contribution in [3.8, 4) is 5.88 Å². The van der Waals surface area contributed by atoms with Crippen LogP contribution in [0.3, 0.4) is 0 Å². The fourth-order valence-corrected chi connectivity index (χ4v) is 1.60. The van der Waals surface area contributed by atoms with Crippen LogP contribution < -0.4 is 9.64 Å². The SMILES string of the molecule is CCc1c(N(C)C)nc(OC)c(F)c1C. The lowest BCUT2D eigenvalue weighted by atomic mass is 10.1. The molecule has 0 aromatic carbocycles. The normalized spacial score (nSPS) is 10.3. The summed E-state index contributed by atoms with van der Waals surface area (Å²) < 4.78 is 18.6. The molecule has 0 atom stereocenters. The van der Waals surface area contributed by atoms with Crippen molar-refractivity contribution >= 4 is 5.82 Å². The highest BCUT2D eigenvalue weighted by atomic mass is 19.1. The average molecular weight is 212 g/mol. The third-order valence-corrected chi connectivity index (χ3v) is 2.42. The molecule has 0 aliphatic rings. The first-order valence-corrected chi connectivity index (χ1v) is 4.93. The van der Waals surface area contributed by atoms with Crippen LogP contribution in [0, 0.1) is 12.7 Å². The molecule has 1 aromatic heterocycles. The van der Waals surface area contributed by atoms with Gasteiger partial charge in [-0.1, -0.05) is 6.92 Å². The van der Waals surface area contributed by atoms with E-state index in [0.717, 1.165) is 17.8 Å². The van der Waals surface area contributed by atoms with E-state index in [-0.39, 0.29) is 11.7 Å². The smallest absolute Gasteiger partial charge is 0.252 e. The summed E-state index contributed by atoms with van der Waals surface area (Å²) in [6.45, 7) is 3.74. The van der Waals surface area contributed by atoms with Crippen LogP contribution in [0.2, 0.25) is 0 Å². The predicted molar refractivity (Wildman–Crippen MR) is 59.2 cm³/mol. The van der Waals surface area contributed by atoms with Gasteiger partial charge in [0.05, 0.1) is 7.11 Å². The van der Waals surface area contributed by atoms with Gasteiger partial charge >= 0.3 is 0 Å². The van der Waals surface area contributed by atoms with E-state index in [1.165, 1.54) is 7.11 Å². The fraction of sp³-hybridized carbons (Fsp3) is 0.545.